The van der Waals surface area contributed by atoms with Gasteiger partial charge < -0.3 is 5.32 Å². The van der Waals surface area contributed by atoms with Crippen molar-refractivity contribution in [1.29, 1.82) is 0 Å². The van der Waals surface area contributed by atoms with Crippen LogP contribution in [0.3, 0.4) is 0 Å². The van der Waals surface area contributed by atoms with Crippen LogP contribution in [0.5, 0.6) is 0 Å². The Morgan fingerprint density at radius 2 is 1.47 bits per heavy atom. The molecule has 1 atom stereocenters. The largest absolute Gasteiger partial charge is 0.377 e. The highest BCUT2D eigenvalue weighted by atomic mass is 14.9. The standard InChI is InChI=1S/C18H21N/c1-4-18(2,3)17(15-11-7-5-8-12-15)19-16-13-9-6-10-14-16/h4-14,17,19H,1H2,2-3H3. The molecule has 0 aliphatic carbocycles. The van der Waals surface area contributed by atoms with Gasteiger partial charge in [0, 0.05) is 11.1 Å². The molecular weight excluding hydrogens is 230 g/mol. The van der Waals surface area contributed by atoms with E-state index in [9.17, 15) is 0 Å². The molecule has 0 amide bonds. The first kappa shape index (κ1) is 13.4. The maximum Gasteiger partial charge on any atom is 0.0599 e. The number of hydrogen-bond acceptors (Lipinski definition) is 1. The van der Waals surface area contributed by atoms with E-state index < -0.39 is 0 Å². The minimum atomic E-state index is -0.0306. The number of hydrogen-bond donors (Lipinski definition) is 1. The zero-order chi connectivity index (χ0) is 13.7. The molecule has 1 unspecified atom stereocenters. The third kappa shape index (κ3) is 3.25. The SMILES string of the molecule is C=CC(C)(C)C(Nc1ccccc1)c1ccccc1. The normalized spacial score (nSPS) is 12.7. The topological polar surface area (TPSA) is 12.0 Å². The molecule has 0 fully saturated rings. The average molecular weight is 251 g/mol. The van der Waals surface area contributed by atoms with Gasteiger partial charge in [-0.05, 0) is 17.7 Å². The van der Waals surface area contributed by atoms with Crippen LogP contribution in [-0.2, 0) is 0 Å². The fourth-order valence-electron chi connectivity index (χ4n) is 2.16. The van der Waals surface area contributed by atoms with Crippen molar-refractivity contribution in [2.75, 3.05) is 5.32 Å². The third-order valence-electron chi connectivity index (χ3n) is 3.49. The molecule has 2 rings (SSSR count). The first-order chi connectivity index (χ1) is 9.13. The predicted molar refractivity (Wildman–Crippen MR) is 83.2 cm³/mol. The van der Waals surface area contributed by atoms with Crippen LogP contribution >= 0.6 is 0 Å². The Kier molecular flexibility index (Phi) is 4.06. The molecule has 0 bridgehead atoms. The van der Waals surface area contributed by atoms with E-state index in [-0.39, 0.29) is 11.5 Å². The molecule has 19 heavy (non-hydrogen) atoms. The molecule has 98 valence electrons. The highest BCUT2D eigenvalue weighted by Crippen LogP contribution is 2.37. The minimum Gasteiger partial charge on any atom is -0.377 e. The summed E-state index contributed by atoms with van der Waals surface area (Å²) in [5.74, 6) is 0. The van der Waals surface area contributed by atoms with Crippen LogP contribution < -0.4 is 5.32 Å². The maximum absolute atomic E-state index is 3.98. The van der Waals surface area contributed by atoms with Crippen molar-refractivity contribution in [3.8, 4) is 0 Å². The summed E-state index contributed by atoms with van der Waals surface area (Å²) < 4.78 is 0. The van der Waals surface area contributed by atoms with E-state index in [0.29, 0.717) is 0 Å². The van der Waals surface area contributed by atoms with Gasteiger partial charge in [0.15, 0.2) is 0 Å². The van der Waals surface area contributed by atoms with E-state index in [4.69, 9.17) is 0 Å². The number of rotatable bonds is 5. The van der Waals surface area contributed by atoms with Crippen LogP contribution in [0.1, 0.15) is 25.5 Å². The van der Waals surface area contributed by atoms with Crippen molar-refractivity contribution in [2.45, 2.75) is 19.9 Å². The molecule has 2 aromatic rings. The van der Waals surface area contributed by atoms with Crippen LogP contribution in [0.4, 0.5) is 5.69 Å². The Morgan fingerprint density at radius 1 is 0.947 bits per heavy atom. The van der Waals surface area contributed by atoms with Crippen molar-refractivity contribution < 1.29 is 0 Å². The molecular formula is C18H21N. The Morgan fingerprint density at radius 3 is 2.00 bits per heavy atom. The number of benzene rings is 2. The van der Waals surface area contributed by atoms with E-state index >= 15 is 0 Å². The van der Waals surface area contributed by atoms with Crippen molar-refractivity contribution in [1.82, 2.24) is 0 Å². The molecule has 0 aliphatic heterocycles. The summed E-state index contributed by atoms with van der Waals surface area (Å²) in [6, 6.07) is 21.0. The number of para-hydroxylation sites is 1. The second-order valence-electron chi connectivity index (χ2n) is 5.38. The molecule has 1 heteroatoms. The molecule has 0 saturated carbocycles. The Labute approximate surface area is 116 Å². The minimum absolute atomic E-state index is 0.0306. The maximum atomic E-state index is 3.98. The molecule has 0 aromatic heterocycles. The molecule has 0 aliphatic rings. The smallest absolute Gasteiger partial charge is 0.0599 e. The zero-order valence-corrected chi connectivity index (χ0v) is 11.6. The lowest BCUT2D eigenvalue weighted by Gasteiger charge is -2.33. The van der Waals surface area contributed by atoms with Gasteiger partial charge in [0.1, 0.15) is 0 Å². The van der Waals surface area contributed by atoms with Gasteiger partial charge in [0.25, 0.3) is 0 Å². The molecule has 1 nitrogen and oxygen atoms in total. The Hall–Kier alpha value is -2.02. The third-order valence-corrected chi connectivity index (χ3v) is 3.49. The molecule has 0 saturated heterocycles. The number of anilines is 1. The summed E-state index contributed by atoms with van der Waals surface area (Å²) in [7, 11) is 0. The van der Waals surface area contributed by atoms with E-state index in [1.807, 2.05) is 30.3 Å². The summed E-state index contributed by atoms with van der Waals surface area (Å²) in [4.78, 5) is 0. The highest BCUT2D eigenvalue weighted by molar-refractivity contribution is 5.46. The van der Waals surface area contributed by atoms with Crippen LogP contribution in [-0.4, -0.2) is 0 Å². The van der Waals surface area contributed by atoms with Gasteiger partial charge in [-0.2, -0.15) is 0 Å². The zero-order valence-electron chi connectivity index (χ0n) is 11.6. The monoisotopic (exact) mass is 251 g/mol. The molecule has 0 radical (unpaired) electrons. The van der Waals surface area contributed by atoms with Gasteiger partial charge in [-0.15, -0.1) is 6.58 Å². The summed E-state index contributed by atoms with van der Waals surface area (Å²) in [5, 5.41) is 3.62. The first-order valence-corrected chi connectivity index (χ1v) is 6.63. The average Bonchev–Trinajstić information content (AvgIpc) is 2.46. The van der Waals surface area contributed by atoms with Crippen molar-refractivity contribution in [3.05, 3.63) is 78.9 Å². The van der Waals surface area contributed by atoms with Crippen LogP contribution in [0.2, 0.25) is 0 Å². The summed E-state index contributed by atoms with van der Waals surface area (Å²) in [5.41, 5.74) is 2.37. The van der Waals surface area contributed by atoms with Gasteiger partial charge in [0.05, 0.1) is 6.04 Å². The van der Waals surface area contributed by atoms with Gasteiger partial charge in [-0.3, -0.25) is 0 Å². The fourth-order valence-corrected chi connectivity index (χ4v) is 2.16. The van der Waals surface area contributed by atoms with E-state index in [0.717, 1.165) is 5.69 Å². The van der Waals surface area contributed by atoms with Gasteiger partial charge in [0.2, 0.25) is 0 Å². The quantitative estimate of drug-likeness (QED) is 0.733. The van der Waals surface area contributed by atoms with Crippen molar-refractivity contribution in [3.63, 3.8) is 0 Å². The summed E-state index contributed by atoms with van der Waals surface area (Å²) >= 11 is 0. The van der Waals surface area contributed by atoms with Gasteiger partial charge in [-0.1, -0.05) is 68.5 Å². The summed E-state index contributed by atoms with van der Waals surface area (Å²) in [6.07, 6.45) is 2.01. The van der Waals surface area contributed by atoms with Crippen LogP contribution in [0.25, 0.3) is 0 Å². The molecule has 0 spiro atoms. The predicted octanol–water partition coefficient (Wildman–Crippen LogP) is 5.05. The van der Waals surface area contributed by atoms with Crippen molar-refractivity contribution in [2.24, 2.45) is 5.41 Å². The summed E-state index contributed by atoms with van der Waals surface area (Å²) in [6.45, 7) is 8.38. The van der Waals surface area contributed by atoms with Gasteiger partial charge >= 0.3 is 0 Å². The second-order valence-corrected chi connectivity index (χ2v) is 5.38. The Balaban J connectivity index is 2.33. The van der Waals surface area contributed by atoms with E-state index in [1.54, 1.807) is 0 Å². The lowest BCUT2D eigenvalue weighted by Crippen LogP contribution is -2.26. The van der Waals surface area contributed by atoms with Gasteiger partial charge in [-0.25, -0.2) is 0 Å². The van der Waals surface area contributed by atoms with E-state index in [1.165, 1.54) is 5.56 Å². The fraction of sp³-hybridized carbons (Fsp3) is 0.222. The Bertz CT molecular complexity index is 514. The lowest BCUT2D eigenvalue weighted by molar-refractivity contribution is 0.405. The molecule has 2 aromatic carbocycles. The molecule has 1 N–H and O–H groups in total. The number of nitrogens with one attached hydrogen (secondary N) is 1. The van der Waals surface area contributed by atoms with E-state index in [2.05, 4.69) is 62.1 Å². The first-order valence-electron chi connectivity index (χ1n) is 6.63. The second kappa shape index (κ2) is 5.75. The molecule has 0 heterocycles. The highest BCUT2D eigenvalue weighted by Gasteiger charge is 2.27. The lowest BCUT2D eigenvalue weighted by atomic mass is 9.80. The van der Waals surface area contributed by atoms with Crippen molar-refractivity contribution >= 4 is 5.69 Å². The van der Waals surface area contributed by atoms with Crippen LogP contribution in [0, 0.1) is 5.41 Å². The van der Waals surface area contributed by atoms with Crippen LogP contribution in [0.15, 0.2) is 73.3 Å².